The summed E-state index contributed by atoms with van der Waals surface area (Å²) in [5, 5.41) is 2.04. The molecule has 0 aromatic carbocycles. The highest BCUT2D eigenvalue weighted by molar-refractivity contribution is 8.03. The van der Waals surface area contributed by atoms with Gasteiger partial charge >= 0.3 is 0 Å². The Morgan fingerprint density at radius 1 is 1.25 bits per heavy atom. The van der Waals surface area contributed by atoms with E-state index in [1.54, 1.807) is 11.8 Å². The molecule has 1 nitrogen and oxygen atoms in total. The van der Waals surface area contributed by atoms with E-state index in [0.29, 0.717) is 0 Å². The minimum absolute atomic E-state index is 0.0990. The average molecular weight is 185 g/mol. The largest absolute Gasteiger partial charge is 0.322 e. The molecule has 0 bridgehead atoms. The van der Waals surface area contributed by atoms with Crippen LogP contribution < -0.4 is 5.73 Å². The van der Waals surface area contributed by atoms with Gasteiger partial charge in [0, 0.05) is 10.3 Å². The van der Waals surface area contributed by atoms with E-state index in [9.17, 15) is 0 Å². The molecule has 0 radical (unpaired) electrons. The summed E-state index contributed by atoms with van der Waals surface area (Å²) >= 11 is 1.73. The van der Waals surface area contributed by atoms with Crippen LogP contribution in [0.25, 0.3) is 0 Å². The van der Waals surface area contributed by atoms with Gasteiger partial charge in [-0.25, -0.2) is 0 Å². The maximum absolute atomic E-state index is 5.78. The molecule has 0 aromatic rings. The average Bonchev–Trinajstić information content (AvgIpc) is 1.84. The molecule has 0 rings (SSSR count). The Kier molecular flexibility index (Phi) is 4.08. The Morgan fingerprint density at radius 2 is 1.75 bits per heavy atom. The Bertz CT molecular complexity index is 175. The van der Waals surface area contributed by atoms with E-state index >= 15 is 0 Å². The molecule has 0 aromatic heterocycles. The van der Waals surface area contributed by atoms with Crippen molar-refractivity contribution in [3.63, 3.8) is 0 Å². The highest BCUT2D eigenvalue weighted by Gasteiger charge is 2.11. The van der Waals surface area contributed by atoms with Crippen LogP contribution in [-0.4, -0.2) is 10.3 Å². The predicted octanol–water partition coefficient (Wildman–Crippen LogP) is 2.94. The van der Waals surface area contributed by atoms with Crippen molar-refractivity contribution >= 4 is 11.8 Å². The summed E-state index contributed by atoms with van der Waals surface area (Å²) in [6.45, 7) is 12.0. The van der Waals surface area contributed by atoms with Crippen molar-refractivity contribution in [3.8, 4) is 0 Å². The van der Waals surface area contributed by atoms with E-state index < -0.39 is 0 Å². The summed E-state index contributed by atoms with van der Waals surface area (Å²) in [5.41, 5.74) is 5.56. The third kappa shape index (κ3) is 6.50. The first-order chi connectivity index (χ1) is 5.27. The van der Waals surface area contributed by atoms with E-state index in [0.717, 1.165) is 0 Å². The van der Waals surface area contributed by atoms with Gasteiger partial charge in [-0.15, -0.1) is 18.3 Å². The van der Waals surface area contributed by atoms with Crippen LogP contribution in [0.3, 0.4) is 0 Å². The fraction of sp³-hybridized carbons (Fsp3) is 0.600. The van der Waals surface area contributed by atoms with E-state index in [1.807, 2.05) is 31.4 Å². The number of hydrogen-bond acceptors (Lipinski definition) is 2. The monoisotopic (exact) mass is 185 g/mol. The highest BCUT2D eigenvalue weighted by atomic mass is 32.2. The van der Waals surface area contributed by atoms with Gasteiger partial charge < -0.3 is 5.73 Å². The van der Waals surface area contributed by atoms with Crippen molar-refractivity contribution in [2.75, 3.05) is 0 Å². The summed E-state index contributed by atoms with van der Waals surface area (Å²) in [6.07, 6.45) is 3.94. The standard InChI is InChI=1S/C10H19NS/c1-6-10(4,5)12-8-7-9(2,3)11/h6-8H,1,11H2,2-5H3/b8-7-. The molecule has 2 N–H and O–H groups in total. The van der Waals surface area contributed by atoms with E-state index in [4.69, 9.17) is 5.73 Å². The van der Waals surface area contributed by atoms with Crippen molar-refractivity contribution in [1.29, 1.82) is 0 Å². The summed E-state index contributed by atoms with van der Waals surface area (Å²) in [7, 11) is 0. The second-order valence-electron chi connectivity index (χ2n) is 4.05. The van der Waals surface area contributed by atoms with Gasteiger partial charge in [0.15, 0.2) is 0 Å². The third-order valence-corrected chi connectivity index (χ3v) is 2.41. The van der Waals surface area contributed by atoms with E-state index in [1.165, 1.54) is 0 Å². The number of rotatable bonds is 4. The summed E-state index contributed by atoms with van der Waals surface area (Å²) in [5.74, 6) is 0. The van der Waals surface area contributed by atoms with Crippen LogP contribution in [0.5, 0.6) is 0 Å². The van der Waals surface area contributed by atoms with Crippen molar-refractivity contribution < 1.29 is 0 Å². The fourth-order valence-corrected chi connectivity index (χ4v) is 1.30. The van der Waals surface area contributed by atoms with Gasteiger partial charge in [-0.3, -0.25) is 0 Å². The Balaban J connectivity index is 3.99. The molecule has 0 fully saturated rings. The molecule has 0 atom stereocenters. The molecule has 0 saturated carbocycles. The van der Waals surface area contributed by atoms with Crippen LogP contribution in [0.2, 0.25) is 0 Å². The van der Waals surface area contributed by atoms with Crippen LogP contribution >= 0.6 is 11.8 Å². The molecule has 2 heteroatoms. The van der Waals surface area contributed by atoms with E-state index in [2.05, 4.69) is 20.4 Å². The van der Waals surface area contributed by atoms with Crippen molar-refractivity contribution in [2.24, 2.45) is 5.73 Å². The molecule has 0 amide bonds. The minimum Gasteiger partial charge on any atom is -0.322 e. The molecule has 0 aliphatic rings. The van der Waals surface area contributed by atoms with Crippen LogP contribution in [0.1, 0.15) is 27.7 Å². The molecule has 70 valence electrons. The lowest BCUT2D eigenvalue weighted by Crippen LogP contribution is -2.28. The van der Waals surface area contributed by atoms with Crippen molar-refractivity contribution in [2.45, 2.75) is 38.0 Å². The summed E-state index contributed by atoms with van der Waals surface area (Å²) in [6, 6.07) is 0. The van der Waals surface area contributed by atoms with Crippen LogP contribution in [0, 0.1) is 0 Å². The summed E-state index contributed by atoms with van der Waals surface area (Å²) in [4.78, 5) is 0. The second kappa shape index (κ2) is 4.15. The maximum Gasteiger partial charge on any atom is 0.0321 e. The normalized spacial score (nSPS) is 13.8. The predicted molar refractivity (Wildman–Crippen MR) is 59.3 cm³/mol. The number of thioether (sulfide) groups is 1. The zero-order valence-electron chi connectivity index (χ0n) is 8.42. The van der Waals surface area contributed by atoms with Gasteiger partial charge in [0.25, 0.3) is 0 Å². The Labute approximate surface area is 80.1 Å². The molecule has 0 saturated heterocycles. The van der Waals surface area contributed by atoms with Crippen molar-refractivity contribution in [3.05, 3.63) is 24.1 Å². The third-order valence-electron chi connectivity index (χ3n) is 1.36. The fourth-order valence-electron chi connectivity index (χ4n) is 0.433. The summed E-state index contributed by atoms with van der Waals surface area (Å²) < 4.78 is 0.0990. The van der Waals surface area contributed by atoms with Gasteiger partial charge in [0.1, 0.15) is 0 Å². The zero-order chi connectivity index (χ0) is 9.83. The highest BCUT2D eigenvalue weighted by Crippen LogP contribution is 2.26. The Hall–Kier alpha value is -0.210. The molecule has 0 aliphatic carbocycles. The van der Waals surface area contributed by atoms with Crippen LogP contribution in [-0.2, 0) is 0 Å². The molecule has 0 aliphatic heterocycles. The molecular weight excluding hydrogens is 166 g/mol. The minimum atomic E-state index is -0.218. The molecule has 0 heterocycles. The van der Waals surface area contributed by atoms with Gasteiger partial charge in [-0.1, -0.05) is 12.2 Å². The number of nitrogens with two attached hydrogens (primary N) is 1. The van der Waals surface area contributed by atoms with Crippen LogP contribution in [0.15, 0.2) is 24.1 Å². The first kappa shape index (κ1) is 11.8. The molecule has 0 unspecified atom stereocenters. The maximum atomic E-state index is 5.78. The smallest absolute Gasteiger partial charge is 0.0321 e. The topological polar surface area (TPSA) is 26.0 Å². The lowest BCUT2D eigenvalue weighted by Gasteiger charge is -2.17. The van der Waals surface area contributed by atoms with E-state index in [-0.39, 0.29) is 10.3 Å². The first-order valence-corrected chi connectivity index (χ1v) is 4.93. The molecular formula is C10H19NS. The zero-order valence-corrected chi connectivity index (χ0v) is 9.24. The molecule has 12 heavy (non-hydrogen) atoms. The van der Waals surface area contributed by atoms with Crippen LogP contribution in [0.4, 0.5) is 0 Å². The quantitative estimate of drug-likeness (QED) is 0.681. The van der Waals surface area contributed by atoms with Gasteiger partial charge in [-0.2, -0.15) is 0 Å². The second-order valence-corrected chi connectivity index (χ2v) is 5.61. The molecule has 0 spiro atoms. The van der Waals surface area contributed by atoms with Gasteiger partial charge in [0.05, 0.1) is 0 Å². The SMILES string of the molecule is C=CC(C)(C)S/C=C\C(C)(C)N. The van der Waals surface area contributed by atoms with Gasteiger partial charge in [-0.05, 0) is 33.1 Å². The lowest BCUT2D eigenvalue weighted by molar-refractivity contribution is 0.655. The van der Waals surface area contributed by atoms with Gasteiger partial charge in [0.2, 0.25) is 0 Å². The first-order valence-electron chi connectivity index (χ1n) is 4.05. The van der Waals surface area contributed by atoms with Crippen molar-refractivity contribution in [1.82, 2.24) is 0 Å². The lowest BCUT2D eigenvalue weighted by atomic mass is 10.1. The number of hydrogen-bond donors (Lipinski definition) is 1. The Morgan fingerprint density at radius 3 is 2.08 bits per heavy atom.